The van der Waals surface area contributed by atoms with Gasteiger partial charge in [-0.3, -0.25) is 4.79 Å². The molecule has 1 heterocycles. The van der Waals surface area contributed by atoms with E-state index in [1.807, 2.05) is 73.7 Å². The number of carbonyl (C=O) groups is 1. The molecule has 0 atom stereocenters. The van der Waals surface area contributed by atoms with E-state index in [0.717, 1.165) is 27.8 Å². The first kappa shape index (κ1) is 23.4. The van der Waals surface area contributed by atoms with E-state index in [0.29, 0.717) is 30.3 Å². The molecule has 2 N–H and O–H groups in total. The number of nitrogens with zero attached hydrogens (tertiary/aromatic N) is 1. The predicted octanol–water partition coefficient (Wildman–Crippen LogP) is 5.49. The molecule has 4 aromatic rings. The molecular weight excluding hydrogens is 450 g/mol. The summed E-state index contributed by atoms with van der Waals surface area (Å²) in [6.45, 7) is 3.34. The summed E-state index contributed by atoms with van der Waals surface area (Å²) < 4.78 is 5.59. The summed E-state index contributed by atoms with van der Waals surface area (Å²) in [5, 5.41) is 4.43. The minimum atomic E-state index is -0.263. The van der Waals surface area contributed by atoms with Gasteiger partial charge in [0, 0.05) is 34.6 Å². The topological polar surface area (TPSA) is 74.4 Å². The van der Waals surface area contributed by atoms with Gasteiger partial charge in [-0.2, -0.15) is 0 Å². The van der Waals surface area contributed by atoms with Gasteiger partial charge in [0.2, 0.25) is 0 Å². The summed E-state index contributed by atoms with van der Waals surface area (Å²) in [5.41, 5.74) is 2.89. The maximum absolute atomic E-state index is 13.2. The Bertz CT molecular complexity index is 1320. The van der Waals surface area contributed by atoms with Gasteiger partial charge >= 0.3 is 6.03 Å². The summed E-state index contributed by atoms with van der Waals surface area (Å²) in [6.07, 6.45) is 0. The molecule has 4 rings (SSSR count). The predicted molar refractivity (Wildman–Crippen MR) is 135 cm³/mol. The molecule has 0 saturated heterocycles. The highest BCUT2D eigenvalue weighted by Crippen LogP contribution is 2.20. The lowest BCUT2D eigenvalue weighted by molar-refractivity contribution is 0.191. The van der Waals surface area contributed by atoms with Crippen LogP contribution in [0.25, 0.3) is 10.9 Å². The number of pyridine rings is 1. The largest absolute Gasteiger partial charge is 0.494 e. The van der Waals surface area contributed by atoms with E-state index in [1.54, 1.807) is 17.0 Å². The first-order valence-corrected chi connectivity index (χ1v) is 11.5. The number of ether oxygens (including phenoxy) is 1. The van der Waals surface area contributed by atoms with Gasteiger partial charge in [-0.25, -0.2) is 4.79 Å². The molecule has 6 nitrogen and oxygen atoms in total. The summed E-state index contributed by atoms with van der Waals surface area (Å²) in [7, 11) is 0. The number of H-pyrrole nitrogens is 1. The van der Waals surface area contributed by atoms with E-state index in [1.165, 1.54) is 0 Å². The Balaban J connectivity index is 1.60. The second kappa shape index (κ2) is 10.9. The van der Waals surface area contributed by atoms with E-state index in [4.69, 9.17) is 16.3 Å². The Labute approximate surface area is 203 Å². The van der Waals surface area contributed by atoms with E-state index >= 15 is 0 Å². The number of hydrogen-bond acceptors (Lipinski definition) is 3. The number of nitrogens with one attached hydrogen (secondary N) is 2. The van der Waals surface area contributed by atoms with Crippen molar-refractivity contribution in [3.8, 4) is 5.75 Å². The van der Waals surface area contributed by atoms with Crippen LogP contribution in [0.5, 0.6) is 5.75 Å². The number of urea groups is 1. The van der Waals surface area contributed by atoms with Gasteiger partial charge in [0.25, 0.3) is 5.56 Å². The first-order chi connectivity index (χ1) is 16.5. The van der Waals surface area contributed by atoms with Crippen LogP contribution in [0.3, 0.4) is 0 Å². The molecule has 0 bridgehead atoms. The number of fused-ring (bicyclic) bond motifs is 1. The van der Waals surface area contributed by atoms with Crippen LogP contribution in [-0.4, -0.2) is 22.5 Å². The second-order valence-electron chi connectivity index (χ2n) is 7.93. The Hall–Kier alpha value is -3.77. The smallest absolute Gasteiger partial charge is 0.318 e. The molecule has 0 radical (unpaired) electrons. The van der Waals surface area contributed by atoms with Gasteiger partial charge in [-0.05, 0) is 54.4 Å². The van der Waals surface area contributed by atoms with Gasteiger partial charge in [0.15, 0.2) is 0 Å². The molecule has 0 unspecified atom stereocenters. The second-order valence-corrected chi connectivity index (χ2v) is 8.37. The Morgan fingerprint density at radius 1 is 0.971 bits per heavy atom. The maximum atomic E-state index is 13.2. The molecule has 0 aliphatic carbocycles. The summed E-state index contributed by atoms with van der Waals surface area (Å²) in [6, 6.07) is 24.1. The number of carbonyl (C=O) groups excluding carboxylic acids is 1. The van der Waals surface area contributed by atoms with Crippen molar-refractivity contribution in [2.24, 2.45) is 0 Å². The van der Waals surface area contributed by atoms with Crippen LogP contribution < -0.4 is 15.6 Å². The first-order valence-electron chi connectivity index (χ1n) is 11.1. The highest BCUT2D eigenvalue weighted by Gasteiger charge is 2.17. The van der Waals surface area contributed by atoms with Crippen molar-refractivity contribution in [2.45, 2.75) is 26.6 Å². The Morgan fingerprint density at radius 3 is 2.47 bits per heavy atom. The zero-order valence-corrected chi connectivity index (χ0v) is 19.6. The number of halogens is 1. The van der Waals surface area contributed by atoms with E-state index in [9.17, 15) is 9.59 Å². The SMILES string of the molecule is CCOc1ccc2[nH]c(=O)c(CN(Cc3ccc(Cl)cc3)C(=O)NCc3ccccc3)cc2c1. The highest BCUT2D eigenvalue weighted by molar-refractivity contribution is 6.30. The maximum Gasteiger partial charge on any atom is 0.318 e. The number of rotatable bonds is 8. The van der Waals surface area contributed by atoms with E-state index < -0.39 is 0 Å². The third-order valence-electron chi connectivity index (χ3n) is 5.43. The zero-order valence-electron chi connectivity index (χ0n) is 18.9. The van der Waals surface area contributed by atoms with Crippen molar-refractivity contribution in [1.29, 1.82) is 0 Å². The number of benzene rings is 3. The van der Waals surface area contributed by atoms with Crippen molar-refractivity contribution in [3.63, 3.8) is 0 Å². The third kappa shape index (κ3) is 5.97. The van der Waals surface area contributed by atoms with Crippen molar-refractivity contribution in [3.05, 3.63) is 111 Å². The summed E-state index contributed by atoms with van der Waals surface area (Å²) >= 11 is 6.02. The van der Waals surface area contributed by atoms with Crippen molar-refractivity contribution < 1.29 is 9.53 Å². The molecule has 1 aromatic heterocycles. The lowest BCUT2D eigenvalue weighted by atomic mass is 10.1. The van der Waals surface area contributed by atoms with Crippen LogP contribution >= 0.6 is 11.6 Å². The van der Waals surface area contributed by atoms with Gasteiger partial charge in [-0.1, -0.05) is 54.1 Å². The van der Waals surface area contributed by atoms with Crippen molar-refractivity contribution >= 4 is 28.5 Å². The van der Waals surface area contributed by atoms with Crippen LogP contribution in [0.1, 0.15) is 23.6 Å². The van der Waals surface area contributed by atoms with Crippen molar-refractivity contribution in [2.75, 3.05) is 6.61 Å². The van der Waals surface area contributed by atoms with Crippen LogP contribution in [0.15, 0.2) is 83.7 Å². The van der Waals surface area contributed by atoms with Gasteiger partial charge in [0.05, 0.1) is 13.2 Å². The number of aromatic amines is 1. The Morgan fingerprint density at radius 2 is 1.74 bits per heavy atom. The number of amides is 2. The van der Waals surface area contributed by atoms with Crippen LogP contribution in [0, 0.1) is 0 Å². The molecule has 0 fully saturated rings. The average molecular weight is 476 g/mol. The molecule has 3 aromatic carbocycles. The highest BCUT2D eigenvalue weighted by atomic mass is 35.5. The number of aromatic nitrogens is 1. The van der Waals surface area contributed by atoms with Crippen LogP contribution in [0.4, 0.5) is 4.79 Å². The minimum absolute atomic E-state index is 0.146. The molecule has 0 aliphatic rings. The minimum Gasteiger partial charge on any atom is -0.494 e. The summed E-state index contributed by atoms with van der Waals surface area (Å²) in [5.74, 6) is 0.728. The number of hydrogen-bond donors (Lipinski definition) is 2. The molecule has 34 heavy (non-hydrogen) atoms. The van der Waals surface area contributed by atoms with Crippen LogP contribution in [-0.2, 0) is 19.6 Å². The van der Waals surface area contributed by atoms with E-state index in [-0.39, 0.29) is 18.1 Å². The fraction of sp³-hybridized carbons (Fsp3) is 0.185. The third-order valence-corrected chi connectivity index (χ3v) is 5.68. The molecule has 2 amide bonds. The molecule has 0 saturated carbocycles. The monoisotopic (exact) mass is 475 g/mol. The van der Waals surface area contributed by atoms with Gasteiger partial charge in [0.1, 0.15) is 5.75 Å². The zero-order chi connectivity index (χ0) is 23.9. The standard InChI is InChI=1S/C27H26ClN3O3/c1-2-34-24-12-13-25-21(15-24)14-22(26(32)30-25)18-31(17-20-8-10-23(28)11-9-20)27(33)29-16-19-6-4-3-5-7-19/h3-15H,2,16-18H2,1H3,(H,29,33)(H,30,32). The van der Waals surface area contributed by atoms with Gasteiger partial charge in [-0.15, -0.1) is 0 Å². The average Bonchev–Trinajstić information content (AvgIpc) is 2.85. The molecule has 0 aliphatic heterocycles. The van der Waals surface area contributed by atoms with Crippen LogP contribution in [0.2, 0.25) is 5.02 Å². The van der Waals surface area contributed by atoms with Gasteiger partial charge < -0.3 is 19.9 Å². The molecule has 0 spiro atoms. The molecule has 174 valence electrons. The summed E-state index contributed by atoms with van der Waals surface area (Å²) in [4.78, 5) is 30.5. The lowest BCUT2D eigenvalue weighted by Gasteiger charge is -2.23. The Kier molecular flexibility index (Phi) is 7.50. The van der Waals surface area contributed by atoms with E-state index in [2.05, 4.69) is 10.3 Å². The fourth-order valence-corrected chi connectivity index (χ4v) is 3.83. The fourth-order valence-electron chi connectivity index (χ4n) is 3.70. The normalized spacial score (nSPS) is 10.8. The lowest BCUT2D eigenvalue weighted by Crippen LogP contribution is -2.39. The van der Waals surface area contributed by atoms with Crippen molar-refractivity contribution in [1.82, 2.24) is 15.2 Å². The quantitative estimate of drug-likeness (QED) is 0.353. The molecule has 7 heteroatoms. The molecular formula is C27H26ClN3O3.